The van der Waals surface area contributed by atoms with Gasteiger partial charge in [0, 0.05) is 20.0 Å². The molecule has 0 aromatic heterocycles. The zero-order valence-corrected chi connectivity index (χ0v) is 17.6. The summed E-state index contributed by atoms with van der Waals surface area (Å²) in [5.41, 5.74) is 2.27. The summed E-state index contributed by atoms with van der Waals surface area (Å²) in [7, 11) is 0. The summed E-state index contributed by atoms with van der Waals surface area (Å²) in [6, 6.07) is 19.6. The third kappa shape index (κ3) is 4.88. The molecule has 4 rings (SSSR count). The highest BCUT2D eigenvalue weighted by Gasteiger charge is 2.29. The summed E-state index contributed by atoms with van der Waals surface area (Å²) in [6.45, 7) is 2.04. The van der Waals surface area contributed by atoms with Crippen LogP contribution in [0.5, 0.6) is 11.5 Å². The van der Waals surface area contributed by atoms with E-state index >= 15 is 0 Å². The third-order valence-corrected chi connectivity index (χ3v) is 5.25. The van der Waals surface area contributed by atoms with Crippen molar-refractivity contribution >= 4 is 11.8 Å². The van der Waals surface area contributed by atoms with E-state index in [-0.39, 0.29) is 37.5 Å². The van der Waals surface area contributed by atoms with Gasteiger partial charge in [0.25, 0.3) is 0 Å². The highest BCUT2D eigenvalue weighted by Crippen LogP contribution is 2.32. The van der Waals surface area contributed by atoms with Crippen molar-refractivity contribution in [2.75, 3.05) is 6.79 Å². The highest BCUT2D eigenvalue weighted by atomic mass is 19.1. The SMILES string of the molecule is CC(=O)N(Cc1ccc(F)cc1)C(C(=O)NCc1ccc2c(c1)OCO2)c1ccccc1. The normalized spacial score (nSPS) is 12.8. The van der Waals surface area contributed by atoms with Crippen molar-refractivity contribution in [1.29, 1.82) is 0 Å². The number of carbonyl (C=O) groups excluding carboxylic acids is 2. The maximum Gasteiger partial charge on any atom is 0.247 e. The zero-order chi connectivity index (χ0) is 22.5. The molecule has 32 heavy (non-hydrogen) atoms. The fraction of sp³-hybridized carbons (Fsp3) is 0.200. The number of hydrogen-bond donors (Lipinski definition) is 1. The Labute approximate surface area is 185 Å². The van der Waals surface area contributed by atoms with Crippen molar-refractivity contribution in [3.05, 3.63) is 95.3 Å². The minimum Gasteiger partial charge on any atom is -0.454 e. The van der Waals surface area contributed by atoms with E-state index in [0.29, 0.717) is 17.1 Å². The van der Waals surface area contributed by atoms with Crippen LogP contribution in [0.2, 0.25) is 0 Å². The molecule has 164 valence electrons. The van der Waals surface area contributed by atoms with Crippen molar-refractivity contribution in [3.8, 4) is 11.5 Å². The molecule has 1 N–H and O–H groups in total. The first kappa shape index (κ1) is 21.4. The lowest BCUT2D eigenvalue weighted by atomic mass is 10.0. The third-order valence-electron chi connectivity index (χ3n) is 5.25. The largest absolute Gasteiger partial charge is 0.454 e. The lowest BCUT2D eigenvalue weighted by Gasteiger charge is -2.30. The Morgan fingerprint density at radius 1 is 0.969 bits per heavy atom. The van der Waals surface area contributed by atoms with Gasteiger partial charge in [0.05, 0.1) is 0 Å². The minimum absolute atomic E-state index is 0.173. The topological polar surface area (TPSA) is 67.9 Å². The standard InChI is InChI=1S/C25H23FN2O4/c1-17(29)28(15-18-7-10-21(26)11-8-18)24(20-5-3-2-4-6-20)25(30)27-14-19-9-12-22-23(13-19)32-16-31-22/h2-13,24H,14-16H2,1H3,(H,27,30). The van der Waals surface area contributed by atoms with Crippen LogP contribution in [0, 0.1) is 5.82 Å². The molecular weight excluding hydrogens is 411 g/mol. The molecule has 2 amide bonds. The summed E-state index contributed by atoms with van der Waals surface area (Å²) >= 11 is 0. The number of fused-ring (bicyclic) bond motifs is 1. The van der Waals surface area contributed by atoms with Crippen molar-refractivity contribution in [1.82, 2.24) is 10.2 Å². The first-order valence-electron chi connectivity index (χ1n) is 10.2. The fourth-order valence-corrected chi connectivity index (χ4v) is 3.62. The van der Waals surface area contributed by atoms with Crippen LogP contribution in [-0.4, -0.2) is 23.5 Å². The minimum atomic E-state index is -0.840. The second kappa shape index (κ2) is 9.51. The lowest BCUT2D eigenvalue weighted by molar-refractivity contribution is -0.140. The van der Waals surface area contributed by atoms with E-state index in [1.165, 1.54) is 24.0 Å². The van der Waals surface area contributed by atoms with Gasteiger partial charge in [-0.1, -0.05) is 48.5 Å². The van der Waals surface area contributed by atoms with E-state index < -0.39 is 6.04 Å². The fourth-order valence-electron chi connectivity index (χ4n) is 3.62. The molecule has 3 aromatic carbocycles. The Morgan fingerprint density at radius 2 is 1.66 bits per heavy atom. The summed E-state index contributed by atoms with van der Waals surface area (Å²) in [4.78, 5) is 27.4. The Kier molecular flexibility index (Phi) is 6.35. The average Bonchev–Trinajstić information content (AvgIpc) is 3.27. The molecule has 3 aromatic rings. The quantitative estimate of drug-likeness (QED) is 0.611. The molecule has 0 saturated heterocycles. The highest BCUT2D eigenvalue weighted by molar-refractivity contribution is 5.88. The molecular formula is C25H23FN2O4. The number of rotatable bonds is 7. The van der Waals surface area contributed by atoms with Gasteiger partial charge in [-0.2, -0.15) is 0 Å². The molecule has 0 aliphatic carbocycles. The van der Waals surface area contributed by atoms with E-state index in [9.17, 15) is 14.0 Å². The molecule has 0 bridgehead atoms. The van der Waals surface area contributed by atoms with Gasteiger partial charge in [-0.05, 0) is 41.0 Å². The molecule has 1 atom stereocenters. The van der Waals surface area contributed by atoms with Crippen LogP contribution in [0.15, 0.2) is 72.8 Å². The van der Waals surface area contributed by atoms with E-state index in [1.807, 2.05) is 42.5 Å². The first-order chi connectivity index (χ1) is 15.5. The smallest absolute Gasteiger partial charge is 0.247 e. The first-order valence-corrected chi connectivity index (χ1v) is 10.2. The van der Waals surface area contributed by atoms with Gasteiger partial charge in [-0.15, -0.1) is 0 Å². The number of carbonyl (C=O) groups is 2. The van der Waals surface area contributed by atoms with Crippen LogP contribution in [0.1, 0.15) is 29.7 Å². The van der Waals surface area contributed by atoms with Gasteiger partial charge in [-0.25, -0.2) is 4.39 Å². The zero-order valence-electron chi connectivity index (χ0n) is 17.6. The predicted molar refractivity (Wildman–Crippen MR) is 116 cm³/mol. The molecule has 0 spiro atoms. The Bertz CT molecular complexity index is 1100. The summed E-state index contributed by atoms with van der Waals surface area (Å²) in [5.74, 6) is 0.374. The maximum absolute atomic E-state index is 13.3. The van der Waals surface area contributed by atoms with Crippen molar-refractivity contribution in [2.24, 2.45) is 0 Å². The molecule has 6 nitrogen and oxygen atoms in total. The van der Waals surface area contributed by atoms with Gasteiger partial charge in [0.1, 0.15) is 11.9 Å². The van der Waals surface area contributed by atoms with Crippen molar-refractivity contribution in [2.45, 2.75) is 26.1 Å². The maximum atomic E-state index is 13.3. The number of nitrogens with zero attached hydrogens (tertiary/aromatic N) is 1. The molecule has 1 unspecified atom stereocenters. The lowest BCUT2D eigenvalue weighted by Crippen LogP contribution is -2.42. The van der Waals surface area contributed by atoms with Crippen LogP contribution in [0.3, 0.4) is 0 Å². The van der Waals surface area contributed by atoms with Crippen LogP contribution < -0.4 is 14.8 Å². The van der Waals surface area contributed by atoms with Crippen LogP contribution in [0.4, 0.5) is 4.39 Å². The van der Waals surface area contributed by atoms with Crippen LogP contribution >= 0.6 is 0 Å². The van der Waals surface area contributed by atoms with E-state index in [2.05, 4.69) is 5.32 Å². The Morgan fingerprint density at radius 3 is 2.38 bits per heavy atom. The van der Waals surface area contributed by atoms with Crippen LogP contribution in [0.25, 0.3) is 0 Å². The van der Waals surface area contributed by atoms with E-state index in [1.54, 1.807) is 18.2 Å². The molecule has 0 fully saturated rings. The molecule has 0 saturated carbocycles. The Hall–Kier alpha value is -3.87. The number of ether oxygens (including phenoxy) is 2. The van der Waals surface area contributed by atoms with Gasteiger partial charge in [0.15, 0.2) is 11.5 Å². The number of nitrogens with one attached hydrogen (secondary N) is 1. The average molecular weight is 434 g/mol. The summed E-state index contributed by atoms with van der Waals surface area (Å²) < 4.78 is 24.0. The second-order valence-corrected chi connectivity index (χ2v) is 7.49. The summed E-state index contributed by atoms with van der Waals surface area (Å²) in [6.07, 6.45) is 0. The Balaban J connectivity index is 1.56. The van der Waals surface area contributed by atoms with E-state index in [4.69, 9.17) is 9.47 Å². The van der Waals surface area contributed by atoms with E-state index in [0.717, 1.165) is 11.1 Å². The number of halogens is 1. The van der Waals surface area contributed by atoms with Gasteiger partial charge >= 0.3 is 0 Å². The monoisotopic (exact) mass is 434 g/mol. The van der Waals surface area contributed by atoms with Gasteiger partial charge in [-0.3, -0.25) is 9.59 Å². The van der Waals surface area contributed by atoms with Crippen molar-refractivity contribution in [3.63, 3.8) is 0 Å². The summed E-state index contributed by atoms with van der Waals surface area (Å²) in [5, 5.41) is 2.93. The van der Waals surface area contributed by atoms with Gasteiger partial charge in [0.2, 0.25) is 18.6 Å². The van der Waals surface area contributed by atoms with Gasteiger partial charge < -0.3 is 19.7 Å². The molecule has 0 radical (unpaired) electrons. The predicted octanol–water partition coefficient (Wildman–Crippen LogP) is 3.96. The second-order valence-electron chi connectivity index (χ2n) is 7.49. The van der Waals surface area contributed by atoms with Crippen molar-refractivity contribution < 1.29 is 23.5 Å². The molecule has 1 aliphatic heterocycles. The van der Waals surface area contributed by atoms with Crippen LogP contribution in [-0.2, 0) is 22.7 Å². The molecule has 1 heterocycles. The molecule has 7 heteroatoms. The number of benzene rings is 3. The molecule has 1 aliphatic rings. The number of amides is 2. The number of hydrogen-bond acceptors (Lipinski definition) is 4.